The number of hydrogen-bond acceptors (Lipinski definition) is 3. The van der Waals surface area contributed by atoms with E-state index >= 15 is 0 Å². The largest absolute Gasteiger partial charge is 0.466 e. The number of Topliss-reactive ketones (excluding diaryl/α,β-unsaturated/α-hetero) is 1. The molecular formula is C22H26O3. The van der Waals surface area contributed by atoms with Crippen LogP contribution in [0.5, 0.6) is 0 Å². The molecule has 0 amide bonds. The van der Waals surface area contributed by atoms with E-state index in [1.165, 1.54) is 24.8 Å². The molecule has 25 heavy (non-hydrogen) atoms. The molecule has 0 aromatic heterocycles. The van der Waals surface area contributed by atoms with Crippen molar-refractivity contribution in [1.82, 2.24) is 0 Å². The number of benzene rings is 2. The number of unbranched alkanes of at least 4 members (excludes halogenated alkanes) is 2. The van der Waals surface area contributed by atoms with Gasteiger partial charge < -0.3 is 4.74 Å². The van der Waals surface area contributed by atoms with Gasteiger partial charge in [-0.15, -0.1) is 0 Å². The van der Waals surface area contributed by atoms with Crippen molar-refractivity contribution in [2.75, 3.05) is 6.61 Å². The smallest absolute Gasteiger partial charge is 0.313 e. The highest BCUT2D eigenvalue weighted by Crippen LogP contribution is 2.21. The van der Waals surface area contributed by atoms with E-state index < -0.39 is 5.97 Å². The number of ether oxygens (including phenoxy) is 1. The molecule has 0 atom stereocenters. The molecule has 0 aliphatic carbocycles. The zero-order valence-corrected chi connectivity index (χ0v) is 15.1. The van der Waals surface area contributed by atoms with Crippen molar-refractivity contribution in [1.29, 1.82) is 0 Å². The van der Waals surface area contributed by atoms with E-state index in [0.29, 0.717) is 12.2 Å². The van der Waals surface area contributed by atoms with Crippen molar-refractivity contribution < 1.29 is 14.3 Å². The topological polar surface area (TPSA) is 43.4 Å². The number of ketones is 1. The summed E-state index contributed by atoms with van der Waals surface area (Å²) in [5.74, 6) is -0.688. The van der Waals surface area contributed by atoms with Gasteiger partial charge in [-0.1, -0.05) is 68.3 Å². The Balaban J connectivity index is 1.99. The summed E-state index contributed by atoms with van der Waals surface area (Å²) in [4.78, 5) is 23.4. The first-order valence-corrected chi connectivity index (χ1v) is 9.02. The fourth-order valence-electron chi connectivity index (χ4n) is 2.74. The summed E-state index contributed by atoms with van der Waals surface area (Å²) in [5.41, 5.74) is 4.09. The molecule has 2 aromatic carbocycles. The lowest BCUT2D eigenvalue weighted by atomic mass is 9.99. The van der Waals surface area contributed by atoms with Crippen LogP contribution in [0.3, 0.4) is 0 Å². The first-order valence-electron chi connectivity index (χ1n) is 9.02. The van der Waals surface area contributed by atoms with Gasteiger partial charge in [-0.3, -0.25) is 9.59 Å². The maximum atomic E-state index is 12.0. The predicted molar refractivity (Wildman–Crippen MR) is 101 cm³/mol. The van der Waals surface area contributed by atoms with Gasteiger partial charge in [0.15, 0.2) is 5.78 Å². The third kappa shape index (κ3) is 5.86. The Kier molecular flexibility index (Phi) is 7.39. The zero-order valence-electron chi connectivity index (χ0n) is 15.1. The minimum Gasteiger partial charge on any atom is -0.466 e. The van der Waals surface area contributed by atoms with E-state index in [2.05, 4.69) is 31.2 Å². The predicted octanol–water partition coefficient (Wildman–Crippen LogP) is 5.22. The first kappa shape index (κ1) is 18.9. The summed E-state index contributed by atoms with van der Waals surface area (Å²) in [7, 11) is 0. The van der Waals surface area contributed by atoms with Crippen LogP contribution in [-0.4, -0.2) is 18.4 Å². The number of esters is 1. The standard InChI is InChI=1S/C22H26O3/c1-3-5-6-7-17-8-10-18(11-9-17)19-12-14-20(15-13-19)21(23)16-22(24)25-4-2/h8-15H,3-7,16H2,1-2H3. The third-order valence-corrected chi connectivity index (χ3v) is 4.17. The number of hydrogen-bond donors (Lipinski definition) is 0. The summed E-state index contributed by atoms with van der Waals surface area (Å²) in [6.45, 7) is 4.23. The Hall–Kier alpha value is -2.42. The molecule has 3 heteroatoms. The van der Waals surface area contributed by atoms with Gasteiger partial charge in [-0.05, 0) is 36.5 Å². The summed E-state index contributed by atoms with van der Waals surface area (Å²) in [6, 6.07) is 16.0. The highest BCUT2D eigenvalue weighted by Gasteiger charge is 2.12. The quantitative estimate of drug-likeness (QED) is 0.272. The van der Waals surface area contributed by atoms with Crippen molar-refractivity contribution in [2.24, 2.45) is 0 Å². The van der Waals surface area contributed by atoms with E-state index in [0.717, 1.165) is 17.5 Å². The van der Waals surface area contributed by atoms with Gasteiger partial charge in [0.05, 0.1) is 6.61 Å². The average Bonchev–Trinajstić information content (AvgIpc) is 2.63. The number of carbonyl (C=O) groups excluding carboxylic acids is 2. The molecule has 2 aromatic rings. The van der Waals surface area contributed by atoms with Gasteiger partial charge in [0.2, 0.25) is 0 Å². The van der Waals surface area contributed by atoms with Crippen LogP contribution in [0.25, 0.3) is 11.1 Å². The van der Waals surface area contributed by atoms with Crippen LogP contribution in [0, 0.1) is 0 Å². The minimum absolute atomic E-state index is 0.209. The molecule has 0 bridgehead atoms. The summed E-state index contributed by atoms with van der Waals surface area (Å²) in [5, 5.41) is 0. The molecule has 0 aliphatic heterocycles. The van der Waals surface area contributed by atoms with E-state index in [1.54, 1.807) is 19.1 Å². The lowest BCUT2D eigenvalue weighted by Crippen LogP contribution is -2.11. The van der Waals surface area contributed by atoms with Crippen LogP contribution in [0.15, 0.2) is 48.5 Å². The third-order valence-electron chi connectivity index (χ3n) is 4.17. The highest BCUT2D eigenvalue weighted by atomic mass is 16.5. The van der Waals surface area contributed by atoms with Crippen molar-refractivity contribution in [3.05, 3.63) is 59.7 Å². The highest BCUT2D eigenvalue weighted by molar-refractivity contribution is 6.06. The van der Waals surface area contributed by atoms with Crippen molar-refractivity contribution in [3.8, 4) is 11.1 Å². The fraction of sp³-hybridized carbons (Fsp3) is 0.364. The number of carbonyl (C=O) groups is 2. The van der Waals surface area contributed by atoms with Crippen LogP contribution >= 0.6 is 0 Å². The lowest BCUT2D eigenvalue weighted by Gasteiger charge is -2.06. The Morgan fingerprint density at radius 2 is 1.44 bits per heavy atom. The molecule has 0 saturated carbocycles. The molecular weight excluding hydrogens is 312 g/mol. The molecule has 132 valence electrons. The summed E-state index contributed by atoms with van der Waals surface area (Å²) >= 11 is 0. The SMILES string of the molecule is CCCCCc1ccc(-c2ccc(C(=O)CC(=O)OCC)cc2)cc1. The Morgan fingerprint density at radius 3 is 2.00 bits per heavy atom. The van der Waals surface area contributed by atoms with E-state index in [-0.39, 0.29) is 12.2 Å². The van der Waals surface area contributed by atoms with Gasteiger partial charge in [0.1, 0.15) is 6.42 Å². The molecule has 0 radical (unpaired) electrons. The summed E-state index contributed by atoms with van der Waals surface area (Å²) < 4.78 is 4.81. The van der Waals surface area contributed by atoms with Crippen LogP contribution in [0.2, 0.25) is 0 Å². The molecule has 2 rings (SSSR count). The second-order valence-electron chi connectivity index (χ2n) is 6.14. The molecule has 0 N–H and O–H groups in total. The molecule has 0 heterocycles. The van der Waals surface area contributed by atoms with E-state index in [4.69, 9.17) is 4.74 Å². The Labute approximate surface area is 150 Å². The Bertz CT molecular complexity index is 684. The molecule has 0 fully saturated rings. The van der Waals surface area contributed by atoms with Crippen molar-refractivity contribution in [3.63, 3.8) is 0 Å². The van der Waals surface area contributed by atoms with Crippen molar-refractivity contribution in [2.45, 2.75) is 46.0 Å². The molecule has 0 aliphatic rings. The Morgan fingerprint density at radius 1 is 0.840 bits per heavy atom. The lowest BCUT2D eigenvalue weighted by molar-refractivity contribution is -0.141. The monoisotopic (exact) mass is 338 g/mol. The maximum absolute atomic E-state index is 12.0. The second kappa shape index (κ2) is 9.77. The van der Waals surface area contributed by atoms with Gasteiger partial charge >= 0.3 is 5.97 Å². The molecule has 3 nitrogen and oxygen atoms in total. The summed E-state index contributed by atoms with van der Waals surface area (Å²) in [6.07, 6.45) is 4.64. The van der Waals surface area contributed by atoms with Gasteiger partial charge in [-0.25, -0.2) is 0 Å². The molecule has 0 spiro atoms. The van der Waals surface area contributed by atoms with Gasteiger partial charge in [-0.2, -0.15) is 0 Å². The van der Waals surface area contributed by atoms with E-state index in [1.807, 2.05) is 12.1 Å². The van der Waals surface area contributed by atoms with Crippen LogP contribution in [-0.2, 0) is 16.0 Å². The number of aryl methyl sites for hydroxylation is 1. The van der Waals surface area contributed by atoms with Crippen LogP contribution in [0.4, 0.5) is 0 Å². The molecule has 0 saturated heterocycles. The maximum Gasteiger partial charge on any atom is 0.313 e. The van der Waals surface area contributed by atoms with Crippen LogP contribution in [0.1, 0.15) is 55.5 Å². The van der Waals surface area contributed by atoms with E-state index in [9.17, 15) is 9.59 Å². The van der Waals surface area contributed by atoms with Gasteiger partial charge in [0, 0.05) is 5.56 Å². The average molecular weight is 338 g/mol. The number of rotatable bonds is 9. The minimum atomic E-state index is -0.477. The fourth-order valence-corrected chi connectivity index (χ4v) is 2.74. The second-order valence-corrected chi connectivity index (χ2v) is 6.14. The van der Waals surface area contributed by atoms with Crippen molar-refractivity contribution >= 4 is 11.8 Å². The first-order chi connectivity index (χ1) is 12.1. The van der Waals surface area contributed by atoms with Gasteiger partial charge in [0.25, 0.3) is 0 Å². The molecule has 0 unspecified atom stereocenters. The normalized spacial score (nSPS) is 10.5. The zero-order chi connectivity index (χ0) is 18.1. The van der Waals surface area contributed by atoms with Crippen LogP contribution < -0.4 is 0 Å².